The van der Waals surface area contributed by atoms with Gasteiger partial charge in [-0.1, -0.05) is 29.8 Å². The molecule has 3 heteroatoms. The number of nitriles is 1. The van der Waals surface area contributed by atoms with Gasteiger partial charge in [0.2, 0.25) is 0 Å². The predicted octanol–water partition coefficient (Wildman–Crippen LogP) is 3.94. The number of rotatable bonds is 5. The first-order valence-corrected chi connectivity index (χ1v) is 6.94. The molecule has 0 heterocycles. The molecule has 3 nitrogen and oxygen atoms in total. The number of aryl methyl sites for hydroxylation is 3. The van der Waals surface area contributed by atoms with Crippen molar-refractivity contribution < 1.29 is 9.47 Å². The Labute approximate surface area is 125 Å². The van der Waals surface area contributed by atoms with E-state index in [4.69, 9.17) is 14.7 Å². The maximum absolute atomic E-state index is 8.99. The molecule has 2 aromatic rings. The number of hydrogen-bond acceptors (Lipinski definition) is 3. The van der Waals surface area contributed by atoms with Crippen LogP contribution >= 0.6 is 0 Å². The molecule has 0 saturated carbocycles. The monoisotopic (exact) mass is 281 g/mol. The quantitative estimate of drug-likeness (QED) is 0.779. The van der Waals surface area contributed by atoms with Crippen LogP contribution in [0.3, 0.4) is 0 Å². The van der Waals surface area contributed by atoms with Gasteiger partial charge in [-0.05, 0) is 44.0 Å². The Morgan fingerprint density at radius 3 is 2.24 bits per heavy atom. The van der Waals surface area contributed by atoms with Crippen molar-refractivity contribution in [1.29, 1.82) is 5.26 Å². The van der Waals surface area contributed by atoms with E-state index in [0.29, 0.717) is 24.5 Å². The standard InChI is InChI=1S/C18H19NO2/c1-13-10-14(2)18(15(3)11-13)21-9-8-20-17-7-5-4-6-16(17)12-19/h4-7,10-11H,8-9H2,1-3H3. The summed E-state index contributed by atoms with van der Waals surface area (Å²) in [4.78, 5) is 0. The van der Waals surface area contributed by atoms with E-state index in [1.54, 1.807) is 12.1 Å². The third kappa shape index (κ3) is 3.76. The lowest BCUT2D eigenvalue weighted by molar-refractivity contribution is 0.215. The van der Waals surface area contributed by atoms with Gasteiger partial charge in [-0.15, -0.1) is 0 Å². The van der Waals surface area contributed by atoms with Gasteiger partial charge in [0.15, 0.2) is 0 Å². The highest BCUT2D eigenvalue weighted by atomic mass is 16.5. The molecule has 0 aliphatic carbocycles. The molecule has 0 aliphatic rings. The summed E-state index contributed by atoms with van der Waals surface area (Å²) in [6.07, 6.45) is 0. The average molecular weight is 281 g/mol. The molecule has 0 aromatic heterocycles. The molecule has 2 rings (SSSR count). The van der Waals surface area contributed by atoms with Gasteiger partial charge in [0.25, 0.3) is 0 Å². The van der Waals surface area contributed by atoms with E-state index in [9.17, 15) is 0 Å². The van der Waals surface area contributed by atoms with Gasteiger partial charge >= 0.3 is 0 Å². The zero-order valence-corrected chi connectivity index (χ0v) is 12.6. The molecule has 0 radical (unpaired) electrons. The molecular formula is C18H19NO2. The number of ether oxygens (including phenoxy) is 2. The zero-order valence-electron chi connectivity index (χ0n) is 12.6. The zero-order chi connectivity index (χ0) is 15.2. The fourth-order valence-corrected chi connectivity index (χ4v) is 2.37. The molecule has 0 atom stereocenters. The fourth-order valence-electron chi connectivity index (χ4n) is 2.37. The number of nitrogens with zero attached hydrogens (tertiary/aromatic N) is 1. The molecule has 0 spiro atoms. The van der Waals surface area contributed by atoms with Gasteiger partial charge in [-0.25, -0.2) is 0 Å². The molecule has 21 heavy (non-hydrogen) atoms. The first-order valence-electron chi connectivity index (χ1n) is 6.94. The molecule has 2 aromatic carbocycles. The van der Waals surface area contributed by atoms with Crippen LogP contribution in [0, 0.1) is 32.1 Å². The van der Waals surface area contributed by atoms with E-state index in [1.165, 1.54) is 5.56 Å². The number of benzene rings is 2. The van der Waals surface area contributed by atoms with Crippen LogP contribution in [0.2, 0.25) is 0 Å². The highest BCUT2D eigenvalue weighted by molar-refractivity contribution is 5.43. The second-order valence-corrected chi connectivity index (χ2v) is 5.03. The predicted molar refractivity (Wildman–Crippen MR) is 82.8 cm³/mol. The Kier molecular flexibility index (Phi) is 4.84. The molecule has 0 aliphatic heterocycles. The maximum atomic E-state index is 8.99. The third-order valence-corrected chi connectivity index (χ3v) is 3.20. The molecule has 0 saturated heterocycles. The first-order chi connectivity index (χ1) is 10.1. The van der Waals surface area contributed by atoms with Gasteiger partial charge in [0.05, 0.1) is 5.56 Å². The lowest BCUT2D eigenvalue weighted by Gasteiger charge is -2.14. The van der Waals surface area contributed by atoms with E-state index in [-0.39, 0.29) is 0 Å². The molecule has 0 N–H and O–H groups in total. The summed E-state index contributed by atoms with van der Waals surface area (Å²) in [5, 5.41) is 8.99. The van der Waals surface area contributed by atoms with E-state index in [1.807, 2.05) is 26.0 Å². The Morgan fingerprint density at radius 1 is 0.952 bits per heavy atom. The molecule has 0 bridgehead atoms. The minimum Gasteiger partial charge on any atom is -0.489 e. The normalized spacial score (nSPS) is 10.0. The summed E-state index contributed by atoms with van der Waals surface area (Å²) in [5.41, 5.74) is 4.03. The Bertz CT molecular complexity index is 648. The molecule has 0 unspecified atom stereocenters. The lowest BCUT2D eigenvalue weighted by Crippen LogP contribution is -2.11. The van der Waals surface area contributed by atoms with Crippen molar-refractivity contribution in [2.75, 3.05) is 13.2 Å². The van der Waals surface area contributed by atoms with Gasteiger partial charge in [0.1, 0.15) is 30.8 Å². The van der Waals surface area contributed by atoms with Crippen molar-refractivity contribution in [3.63, 3.8) is 0 Å². The highest BCUT2D eigenvalue weighted by Gasteiger charge is 2.06. The van der Waals surface area contributed by atoms with Crippen molar-refractivity contribution in [2.24, 2.45) is 0 Å². The third-order valence-electron chi connectivity index (χ3n) is 3.20. The van der Waals surface area contributed by atoms with Gasteiger partial charge in [-0.2, -0.15) is 5.26 Å². The topological polar surface area (TPSA) is 42.2 Å². The van der Waals surface area contributed by atoms with Crippen molar-refractivity contribution in [3.05, 3.63) is 58.7 Å². The maximum Gasteiger partial charge on any atom is 0.137 e. The van der Waals surface area contributed by atoms with E-state index >= 15 is 0 Å². The summed E-state index contributed by atoms with van der Waals surface area (Å²) in [6.45, 7) is 7.02. The average Bonchev–Trinajstić information content (AvgIpc) is 2.45. The fraction of sp³-hybridized carbons (Fsp3) is 0.278. The van der Waals surface area contributed by atoms with Crippen molar-refractivity contribution >= 4 is 0 Å². The van der Waals surface area contributed by atoms with Crippen LogP contribution in [-0.2, 0) is 0 Å². The van der Waals surface area contributed by atoms with Crippen LogP contribution < -0.4 is 9.47 Å². The minimum absolute atomic E-state index is 0.408. The first kappa shape index (κ1) is 14.9. The molecule has 108 valence electrons. The SMILES string of the molecule is Cc1cc(C)c(OCCOc2ccccc2C#N)c(C)c1. The van der Waals surface area contributed by atoms with Crippen LogP contribution in [0.25, 0.3) is 0 Å². The van der Waals surface area contributed by atoms with E-state index < -0.39 is 0 Å². The molecule has 0 amide bonds. The van der Waals surface area contributed by atoms with E-state index in [0.717, 1.165) is 16.9 Å². The number of para-hydroxylation sites is 1. The van der Waals surface area contributed by atoms with Gasteiger partial charge < -0.3 is 9.47 Å². The number of hydrogen-bond donors (Lipinski definition) is 0. The summed E-state index contributed by atoms with van der Waals surface area (Å²) in [7, 11) is 0. The second kappa shape index (κ2) is 6.81. The van der Waals surface area contributed by atoms with Crippen LogP contribution in [0.15, 0.2) is 36.4 Å². The Balaban J connectivity index is 1.93. The largest absolute Gasteiger partial charge is 0.489 e. The van der Waals surface area contributed by atoms with Crippen molar-refractivity contribution in [2.45, 2.75) is 20.8 Å². The van der Waals surface area contributed by atoms with Crippen LogP contribution in [0.4, 0.5) is 0 Å². The highest BCUT2D eigenvalue weighted by Crippen LogP contribution is 2.24. The summed E-state index contributed by atoms with van der Waals surface area (Å²) >= 11 is 0. The van der Waals surface area contributed by atoms with Gasteiger partial charge in [-0.3, -0.25) is 0 Å². The van der Waals surface area contributed by atoms with Crippen LogP contribution in [-0.4, -0.2) is 13.2 Å². The summed E-state index contributed by atoms with van der Waals surface area (Å²) in [5.74, 6) is 1.51. The second-order valence-electron chi connectivity index (χ2n) is 5.03. The summed E-state index contributed by atoms with van der Waals surface area (Å²) in [6, 6.07) is 13.5. The Hall–Kier alpha value is -2.47. The Morgan fingerprint density at radius 2 is 1.57 bits per heavy atom. The van der Waals surface area contributed by atoms with Gasteiger partial charge in [0, 0.05) is 0 Å². The minimum atomic E-state index is 0.408. The van der Waals surface area contributed by atoms with Crippen molar-refractivity contribution in [3.8, 4) is 17.6 Å². The smallest absolute Gasteiger partial charge is 0.137 e. The molecular weight excluding hydrogens is 262 g/mol. The van der Waals surface area contributed by atoms with Crippen LogP contribution in [0.1, 0.15) is 22.3 Å². The van der Waals surface area contributed by atoms with Crippen LogP contribution in [0.5, 0.6) is 11.5 Å². The van der Waals surface area contributed by atoms with Crippen molar-refractivity contribution in [1.82, 2.24) is 0 Å². The lowest BCUT2D eigenvalue weighted by atomic mass is 10.1. The molecule has 0 fully saturated rings. The summed E-state index contributed by atoms with van der Waals surface area (Å²) < 4.78 is 11.4. The van der Waals surface area contributed by atoms with E-state index in [2.05, 4.69) is 25.1 Å².